The number of rotatable bonds is 71. The SMILES string of the molecule is CCCCCCCCCCCCCCCCCCCCCCCCCCCCCCC/C=C/C(O)C(COP(=O)([O-])OCC[N+](C)(C)C)NC(=O)CCCCCCCCCCCCCCCCCCCCCCCCCCCCCCCC. The number of nitrogens with one attached hydrogen (secondary N) is 1. The van der Waals surface area contributed by atoms with Crippen LogP contribution in [0.2, 0.25) is 0 Å². The van der Waals surface area contributed by atoms with Crippen LogP contribution < -0.4 is 10.2 Å². The molecule has 0 rings (SSSR count). The van der Waals surface area contributed by atoms with Gasteiger partial charge in [0.05, 0.1) is 39.9 Å². The van der Waals surface area contributed by atoms with Crippen LogP contribution in [-0.2, 0) is 18.4 Å². The van der Waals surface area contributed by atoms with Gasteiger partial charge in [-0.1, -0.05) is 392 Å². The van der Waals surface area contributed by atoms with Crippen molar-refractivity contribution in [2.45, 2.75) is 418 Å². The number of carbonyl (C=O) groups excluding carboxylic acids is 1. The zero-order valence-electron chi connectivity index (χ0n) is 56.9. The standard InChI is InChI=1S/C74H149N2O6P/c1-6-8-10-12-14-16-18-20-22-24-26-28-30-32-34-36-38-39-41-43-45-47-49-51-53-55-57-59-61-63-65-67-73(77)72(71-82-83(79,80)81-70-69-76(3,4)5)75-74(78)68-66-64-62-60-58-56-54-52-50-48-46-44-42-40-37-35-33-31-29-27-25-23-21-19-17-15-13-11-9-7-2/h65,67,72-73,77H,6-64,66,68-71H2,1-5H3,(H-,75,78,79,80)/b67-65+. The Labute approximate surface area is 520 Å². The average molecular weight is 1190 g/mol. The number of likely N-dealkylation sites (N-methyl/N-ethyl adjacent to an activating group) is 1. The lowest BCUT2D eigenvalue weighted by molar-refractivity contribution is -0.870. The summed E-state index contributed by atoms with van der Waals surface area (Å²) in [6, 6.07) is -0.884. The molecular formula is C74H149N2O6P. The van der Waals surface area contributed by atoms with Crippen molar-refractivity contribution in [1.82, 2.24) is 5.32 Å². The van der Waals surface area contributed by atoms with Gasteiger partial charge in [0.2, 0.25) is 5.91 Å². The average Bonchev–Trinajstić information content (AvgIpc) is 3.49. The van der Waals surface area contributed by atoms with Crippen molar-refractivity contribution < 1.29 is 32.9 Å². The van der Waals surface area contributed by atoms with Gasteiger partial charge in [0.1, 0.15) is 13.2 Å². The van der Waals surface area contributed by atoms with E-state index in [1.54, 1.807) is 6.08 Å². The van der Waals surface area contributed by atoms with Crippen LogP contribution in [0.3, 0.4) is 0 Å². The third kappa shape index (κ3) is 68.6. The van der Waals surface area contributed by atoms with E-state index < -0.39 is 20.0 Å². The van der Waals surface area contributed by atoms with E-state index in [-0.39, 0.29) is 19.1 Å². The van der Waals surface area contributed by atoms with E-state index in [4.69, 9.17) is 9.05 Å². The first-order valence-electron chi connectivity index (χ1n) is 37.6. The number of carbonyl (C=O) groups is 1. The number of hydrogen-bond acceptors (Lipinski definition) is 6. The molecule has 0 aromatic rings. The first-order chi connectivity index (χ1) is 40.5. The highest BCUT2D eigenvalue weighted by atomic mass is 31.2. The second-order valence-electron chi connectivity index (χ2n) is 27.4. The summed E-state index contributed by atoms with van der Waals surface area (Å²) in [6.07, 6.45) is 85.0. The van der Waals surface area contributed by atoms with Crippen molar-refractivity contribution in [1.29, 1.82) is 0 Å². The van der Waals surface area contributed by atoms with E-state index in [2.05, 4.69) is 19.2 Å². The van der Waals surface area contributed by atoms with Gasteiger partial charge in [-0.05, 0) is 19.3 Å². The summed E-state index contributed by atoms with van der Waals surface area (Å²) >= 11 is 0. The van der Waals surface area contributed by atoms with Crippen LogP contribution in [0.5, 0.6) is 0 Å². The van der Waals surface area contributed by atoms with Crippen molar-refractivity contribution in [3.8, 4) is 0 Å². The van der Waals surface area contributed by atoms with Gasteiger partial charge < -0.3 is 28.8 Å². The first kappa shape index (κ1) is 82.2. The van der Waals surface area contributed by atoms with Crippen LogP contribution in [-0.4, -0.2) is 68.5 Å². The molecule has 83 heavy (non-hydrogen) atoms. The summed E-state index contributed by atoms with van der Waals surface area (Å²) < 4.78 is 23.5. The molecule has 0 bridgehead atoms. The Morgan fingerprint density at radius 3 is 0.904 bits per heavy atom. The number of quaternary nitrogens is 1. The Kier molecular flexibility index (Phi) is 65.1. The van der Waals surface area contributed by atoms with Gasteiger partial charge in [-0.15, -0.1) is 0 Å². The highest BCUT2D eigenvalue weighted by Crippen LogP contribution is 2.38. The monoisotopic (exact) mass is 1190 g/mol. The van der Waals surface area contributed by atoms with Gasteiger partial charge in [-0.3, -0.25) is 9.36 Å². The van der Waals surface area contributed by atoms with Crippen LogP contribution in [0.4, 0.5) is 0 Å². The number of phosphoric acid groups is 1. The van der Waals surface area contributed by atoms with Crippen molar-refractivity contribution in [3.05, 3.63) is 12.2 Å². The first-order valence-corrected chi connectivity index (χ1v) is 39.0. The summed E-state index contributed by atoms with van der Waals surface area (Å²) in [6.45, 7) is 4.73. The molecule has 9 heteroatoms. The minimum Gasteiger partial charge on any atom is -0.756 e. The van der Waals surface area contributed by atoms with Crippen molar-refractivity contribution >= 4 is 13.7 Å². The summed E-state index contributed by atoms with van der Waals surface area (Å²) in [5.74, 6) is -0.186. The van der Waals surface area contributed by atoms with Crippen molar-refractivity contribution in [2.24, 2.45) is 0 Å². The van der Waals surface area contributed by atoms with Crippen LogP contribution in [0.25, 0.3) is 0 Å². The number of phosphoric ester groups is 1. The maximum Gasteiger partial charge on any atom is 0.268 e. The summed E-state index contributed by atoms with van der Waals surface area (Å²) in [4.78, 5) is 25.7. The minimum atomic E-state index is -4.60. The zero-order chi connectivity index (χ0) is 60.5. The quantitative estimate of drug-likeness (QED) is 0.0272. The predicted octanol–water partition coefficient (Wildman–Crippen LogP) is 23.4. The van der Waals surface area contributed by atoms with Gasteiger partial charge in [0, 0.05) is 6.42 Å². The molecule has 0 heterocycles. The predicted molar refractivity (Wildman–Crippen MR) is 362 cm³/mol. The third-order valence-electron chi connectivity index (χ3n) is 17.7. The van der Waals surface area contributed by atoms with Crippen LogP contribution in [0, 0.1) is 0 Å². The molecule has 0 spiro atoms. The molecular weight excluding hydrogens is 1040 g/mol. The lowest BCUT2D eigenvalue weighted by Gasteiger charge is -2.29. The lowest BCUT2D eigenvalue weighted by atomic mass is 10.0. The molecule has 0 aromatic heterocycles. The Balaban J connectivity index is 3.98. The number of aliphatic hydroxyl groups excluding tert-OH is 1. The largest absolute Gasteiger partial charge is 0.756 e. The number of aliphatic hydroxyl groups is 1. The highest BCUT2D eigenvalue weighted by Gasteiger charge is 2.23. The molecule has 8 nitrogen and oxygen atoms in total. The molecule has 0 aliphatic rings. The normalized spacial score (nSPS) is 13.6. The molecule has 0 aromatic carbocycles. The fraction of sp³-hybridized carbons (Fsp3) is 0.959. The van der Waals surface area contributed by atoms with Gasteiger partial charge in [-0.2, -0.15) is 0 Å². The molecule has 0 radical (unpaired) electrons. The smallest absolute Gasteiger partial charge is 0.268 e. The highest BCUT2D eigenvalue weighted by molar-refractivity contribution is 7.45. The topological polar surface area (TPSA) is 108 Å². The Morgan fingerprint density at radius 2 is 0.651 bits per heavy atom. The Hall–Kier alpha value is -0.760. The van der Waals surface area contributed by atoms with Crippen LogP contribution >= 0.6 is 7.82 Å². The fourth-order valence-electron chi connectivity index (χ4n) is 11.9. The molecule has 0 aliphatic heterocycles. The van der Waals surface area contributed by atoms with Crippen molar-refractivity contribution in [3.63, 3.8) is 0 Å². The molecule has 0 saturated carbocycles. The van der Waals surface area contributed by atoms with E-state index in [0.717, 1.165) is 38.5 Å². The molecule has 496 valence electrons. The third-order valence-corrected chi connectivity index (χ3v) is 18.7. The molecule has 3 atom stereocenters. The second-order valence-corrected chi connectivity index (χ2v) is 28.8. The number of hydrogen-bond donors (Lipinski definition) is 2. The summed E-state index contributed by atoms with van der Waals surface area (Å²) in [7, 11) is 1.29. The molecule has 3 unspecified atom stereocenters. The summed E-state index contributed by atoms with van der Waals surface area (Å²) in [5.41, 5.74) is 0. The van der Waals surface area contributed by atoms with Gasteiger partial charge >= 0.3 is 0 Å². The second kappa shape index (κ2) is 65.7. The van der Waals surface area contributed by atoms with Crippen LogP contribution in [0.15, 0.2) is 12.2 Å². The minimum absolute atomic E-state index is 0.00311. The molecule has 0 aliphatic carbocycles. The van der Waals surface area contributed by atoms with Crippen molar-refractivity contribution in [2.75, 3.05) is 40.9 Å². The molecule has 2 N–H and O–H groups in total. The molecule has 1 amide bonds. The summed E-state index contributed by atoms with van der Waals surface area (Å²) in [5, 5.41) is 14.0. The number of allylic oxidation sites excluding steroid dienone is 1. The molecule has 0 fully saturated rings. The van der Waals surface area contributed by atoms with E-state index in [1.807, 2.05) is 27.2 Å². The number of unbranched alkanes of at least 4 members (excludes halogenated alkanes) is 58. The van der Waals surface area contributed by atoms with E-state index in [9.17, 15) is 19.4 Å². The lowest BCUT2D eigenvalue weighted by Crippen LogP contribution is -2.45. The Bertz CT molecular complexity index is 1360. The zero-order valence-corrected chi connectivity index (χ0v) is 57.8. The number of amides is 1. The Morgan fingerprint density at radius 1 is 0.410 bits per heavy atom. The fourth-order valence-corrected chi connectivity index (χ4v) is 12.6. The maximum atomic E-state index is 13.1. The van der Waals surface area contributed by atoms with Gasteiger partial charge in [0.25, 0.3) is 7.82 Å². The van der Waals surface area contributed by atoms with E-state index in [1.165, 1.54) is 347 Å². The van der Waals surface area contributed by atoms with Crippen LogP contribution in [0.1, 0.15) is 406 Å². The number of nitrogens with zero attached hydrogens (tertiary/aromatic N) is 1. The maximum absolute atomic E-state index is 13.1. The molecule has 0 saturated heterocycles. The van der Waals surface area contributed by atoms with Gasteiger partial charge in [0.15, 0.2) is 0 Å². The van der Waals surface area contributed by atoms with Gasteiger partial charge in [-0.25, -0.2) is 0 Å². The van der Waals surface area contributed by atoms with E-state index in [0.29, 0.717) is 17.4 Å². The van der Waals surface area contributed by atoms with E-state index >= 15 is 0 Å².